The summed E-state index contributed by atoms with van der Waals surface area (Å²) in [5.74, 6) is -3.55. The SMILES string of the molecule is C[Si](C)(C)CCOCCl.C[Si](C)(C)CCOCn1nc(-c2ccc(Cl)nc2)nc1C(F)(F)F.C[Si](C)(C)CCOCn1nc(C(F)(F)F)nc1-c1ccc(Cl)nc1.FC(F)(F)c1nc(-c2ccc(Cl)nc2)n[nH]1. The third-order valence-electron chi connectivity index (χ3n) is 9.05. The lowest BCUT2D eigenvalue weighted by atomic mass is 10.3. The van der Waals surface area contributed by atoms with Crippen LogP contribution in [0.15, 0.2) is 55.0 Å². The number of H-pyrrole nitrogens is 1. The van der Waals surface area contributed by atoms with Gasteiger partial charge in [-0.3, -0.25) is 5.10 Å². The second kappa shape index (κ2) is 27.6. The van der Waals surface area contributed by atoms with E-state index in [1.807, 2.05) is 5.10 Å². The largest absolute Gasteiger partial charge is 0.453 e. The molecule has 0 radical (unpaired) electrons. The summed E-state index contributed by atoms with van der Waals surface area (Å²) < 4.78 is 132. The summed E-state index contributed by atoms with van der Waals surface area (Å²) >= 11 is 22.2. The van der Waals surface area contributed by atoms with E-state index < -0.39 is 60.2 Å². The van der Waals surface area contributed by atoms with Crippen molar-refractivity contribution in [1.29, 1.82) is 0 Å². The number of hydrogen-bond acceptors (Lipinski definition) is 12. The van der Waals surface area contributed by atoms with Gasteiger partial charge in [0.25, 0.3) is 5.82 Å². The lowest BCUT2D eigenvalue weighted by molar-refractivity contribution is -0.150. The summed E-state index contributed by atoms with van der Waals surface area (Å²) in [5.41, 5.74) is 1.10. The average molecular weight is 1170 g/mol. The van der Waals surface area contributed by atoms with Crippen molar-refractivity contribution in [2.24, 2.45) is 0 Å². The molecule has 6 aromatic rings. The third-order valence-corrected chi connectivity index (χ3v) is 15.0. The van der Waals surface area contributed by atoms with Crippen LogP contribution in [0, 0.1) is 0 Å². The molecule has 0 amide bonds. The molecule has 6 rings (SSSR count). The van der Waals surface area contributed by atoms with Crippen LogP contribution in [0.3, 0.4) is 0 Å². The van der Waals surface area contributed by atoms with Gasteiger partial charge in [-0.1, -0.05) is 105 Å². The molecule has 0 saturated carbocycles. The minimum absolute atomic E-state index is 0.0412. The molecule has 73 heavy (non-hydrogen) atoms. The van der Waals surface area contributed by atoms with E-state index in [0.29, 0.717) is 36.0 Å². The lowest BCUT2D eigenvalue weighted by Gasteiger charge is -2.15. The Balaban J connectivity index is 0.000000271. The summed E-state index contributed by atoms with van der Waals surface area (Å²) in [6.45, 7) is 21.3. The Morgan fingerprint density at radius 1 is 0.521 bits per heavy atom. The smallest absolute Gasteiger partial charge is 0.366 e. The fraction of sp³-hybridized carbons (Fsp3) is 0.500. The molecule has 0 spiro atoms. The van der Waals surface area contributed by atoms with Crippen molar-refractivity contribution >= 4 is 70.6 Å². The number of nitrogens with zero attached hydrogens (tertiary/aromatic N) is 11. The number of pyridine rings is 3. The van der Waals surface area contributed by atoms with Gasteiger partial charge in [-0.15, -0.1) is 10.2 Å². The van der Waals surface area contributed by atoms with Crippen LogP contribution in [0.5, 0.6) is 0 Å². The van der Waals surface area contributed by atoms with E-state index >= 15 is 0 Å². The molecule has 0 aliphatic heterocycles. The molecule has 6 heterocycles. The third kappa shape index (κ3) is 24.0. The van der Waals surface area contributed by atoms with Gasteiger partial charge in [-0.05, 0) is 54.5 Å². The van der Waals surface area contributed by atoms with Crippen LogP contribution < -0.4 is 0 Å². The summed E-state index contributed by atoms with van der Waals surface area (Å²) in [6.07, 6.45) is -9.80. The molecule has 0 bridgehead atoms. The Morgan fingerprint density at radius 3 is 1.34 bits per heavy atom. The summed E-state index contributed by atoms with van der Waals surface area (Å²) in [7, 11) is -3.47. The van der Waals surface area contributed by atoms with Gasteiger partial charge in [0.2, 0.25) is 11.6 Å². The molecule has 31 heteroatoms. The van der Waals surface area contributed by atoms with E-state index in [1.54, 1.807) is 0 Å². The van der Waals surface area contributed by atoms with Gasteiger partial charge in [0.05, 0.1) is 0 Å². The number of alkyl halides is 10. The van der Waals surface area contributed by atoms with Gasteiger partial charge < -0.3 is 14.2 Å². The van der Waals surface area contributed by atoms with E-state index in [4.69, 9.17) is 60.6 Å². The highest BCUT2D eigenvalue weighted by Gasteiger charge is 2.39. The van der Waals surface area contributed by atoms with Crippen molar-refractivity contribution in [3.05, 3.63) is 87.9 Å². The Labute approximate surface area is 439 Å². The normalized spacial score (nSPS) is 12.4. The molecule has 1 N–H and O–H groups in total. The fourth-order valence-electron chi connectivity index (χ4n) is 5.06. The Bertz CT molecular complexity index is 2570. The number of aromatic amines is 1. The quantitative estimate of drug-likeness (QED) is 0.0302. The molecule has 0 fully saturated rings. The predicted molar refractivity (Wildman–Crippen MR) is 269 cm³/mol. The molecular weight excluding hydrogens is 1120 g/mol. The first-order valence-electron chi connectivity index (χ1n) is 21.8. The summed E-state index contributed by atoms with van der Waals surface area (Å²) in [5, 5.41) is 13.4. The summed E-state index contributed by atoms with van der Waals surface area (Å²) in [6, 6.07) is 12.2. The highest BCUT2D eigenvalue weighted by molar-refractivity contribution is 6.76. The van der Waals surface area contributed by atoms with Crippen molar-refractivity contribution in [1.82, 2.24) is 59.7 Å². The lowest BCUT2D eigenvalue weighted by Crippen LogP contribution is -2.23. The molecule has 0 atom stereocenters. The number of hydrogen-bond donors (Lipinski definition) is 1. The molecule has 0 aromatic carbocycles. The first-order chi connectivity index (χ1) is 33.6. The first-order valence-corrected chi connectivity index (χ1v) is 34.6. The van der Waals surface area contributed by atoms with Gasteiger partial charge in [-0.25, -0.2) is 39.3 Å². The van der Waals surface area contributed by atoms with Gasteiger partial charge in [0, 0.05) is 79.3 Å². The van der Waals surface area contributed by atoms with Crippen LogP contribution in [0.1, 0.15) is 17.5 Å². The van der Waals surface area contributed by atoms with E-state index in [-0.39, 0.29) is 46.4 Å². The maximum absolute atomic E-state index is 13.1. The van der Waals surface area contributed by atoms with Gasteiger partial charge >= 0.3 is 18.5 Å². The molecule has 0 unspecified atom stereocenters. The first kappa shape index (κ1) is 63.2. The van der Waals surface area contributed by atoms with Gasteiger partial charge in [-0.2, -0.15) is 44.6 Å². The van der Waals surface area contributed by atoms with Gasteiger partial charge in [0.1, 0.15) is 35.0 Å². The van der Waals surface area contributed by atoms with E-state index in [0.717, 1.165) is 28.1 Å². The minimum Gasteiger partial charge on any atom is -0.366 e. The maximum atomic E-state index is 13.1. The standard InChI is InChI=1S/2C14H18ClF3N4OSi.C8H4ClF3N4.C6H15ClOSi/c1-24(2,3)7-6-23-9-22-12(10-4-5-11(15)19-8-10)20-13(21-22)14(16,17)18;1-24(2,3)7-6-23-9-22-13(14(16,17)18)20-12(21-22)10-4-5-11(15)19-8-10;9-5-2-1-4(3-13-5)6-14-7(16-15-6)8(10,11)12;1-9(2,3)5-4-8-6-7/h2*4-5,8H,6-7,9H2,1-3H3;1-3H,(H,14,15,16);4-6H2,1-3H3. The van der Waals surface area contributed by atoms with Crippen LogP contribution in [-0.2, 0) is 46.2 Å². The van der Waals surface area contributed by atoms with Crippen molar-refractivity contribution in [2.45, 2.75) is 109 Å². The van der Waals surface area contributed by atoms with Crippen LogP contribution in [0.2, 0.25) is 92.5 Å². The number of ether oxygens (including phenoxy) is 3. The zero-order valence-corrected chi connectivity index (χ0v) is 47.1. The number of nitrogens with one attached hydrogen (secondary N) is 1. The summed E-state index contributed by atoms with van der Waals surface area (Å²) in [4.78, 5) is 21.9. The van der Waals surface area contributed by atoms with E-state index in [9.17, 15) is 39.5 Å². The van der Waals surface area contributed by atoms with Crippen LogP contribution in [0.4, 0.5) is 39.5 Å². The molecule has 404 valence electrons. The molecule has 0 aliphatic carbocycles. The van der Waals surface area contributed by atoms with Crippen molar-refractivity contribution in [3.63, 3.8) is 0 Å². The Hall–Kier alpha value is -4.07. The Morgan fingerprint density at radius 2 is 0.959 bits per heavy atom. The molecule has 6 aromatic heterocycles. The van der Waals surface area contributed by atoms with E-state index in [1.165, 1.54) is 61.0 Å². The molecule has 15 nitrogen and oxygen atoms in total. The minimum atomic E-state index is -4.63. The second-order valence-corrected chi connectivity index (χ2v) is 37.4. The number of aromatic nitrogens is 12. The Kier molecular flexibility index (Phi) is 23.9. The number of halogens is 13. The predicted octanol–water partition coefficient (Wildman–Crippen LogP) is 13.7. The second-order valence-electron chi connectivity index (χ2n) is 19.2. The van der Waals surface area contributed by atoms with Crippen molar-refractivity contribution < 1.29 is 53.7 Å². The fourth-order valence-corrected chi connectivity index (χ4v) is 7.78. The molecular formula is C42H55Cl4F9N12O3Si3. The van der Waals surface area contributed by atoms with Gasteiger partial charge in [0.15, 0.2) is 17.5 Å². The van der Waals surface area contributed by atoms with Crippen LogP contribution in [-0.4, -0.2) is 110 Å². The zero-order valence-electron chi connectivity index (χ0n) is 41.1. The molecule has 0 aliphatic rings. The van der Waals surface area contributed by atoms with Crippen LogP contribution >= 0.6 is 46.4 Å². The zero-order chi connectivity index (χ0) is 55.0. The number of rotatable bonds is 17. The average Bonchev–Trinajstić information content (AvgIpc) is 4.05. The molecule has 0 saturated heterocycles. The van der Waals surface area contributed by atoms with Crippen molar-refractivity contribution in [2.75, 3.05) is 25.9 Å². The highest BCUT2D eigenvalue weighted by Crippen LogP contribution is 2.32. The van der Waals surface area contributed by atoms with E-state index in [2.05, 4.69) is 104 Å². The van der Waals surface area contributed by atoms with Crippen LogP contribution in [0.25, 0.3) is 34.2 Å². The van der Waals surface area contributed by atoms with Crippen molar-refractivity contribution in [3.8, 4) is 34.2 Å². The topological polar surface area (TPSA) is 169 Å². The highest BCUT2D eigenvalue weighted by atomic mass is 35.5. The maximum Gasteiger partial charge on any atom is 0.453 e. The monoisotopic (exact) mass is 1170 g/mol.